The summed E-state index contributed by atoms with van der Waals surface area (Å²) in [6.07, 6.45) is 0. The van der Waals surface area contributed by atoms with Gasteiger partial charge in [-0.1, -0.05) is 0 Å². The summed E-state index contributed by atoms with van der Waals surface area (Å²) in [6, 6.07) is 0. The van der Waals surface area contributed by atoms with Gasteiger partial charge in [-0.15, -0.1) is 0 Å². The second-order valence-corrected chi connectivity index (χ2v) is 0.224. The van der Waals surface area contributed by atoms with Gasteiger partial charge in [0.05, 0.1) is 5.09 Å². The molecule has 1 radical (unpaired) electrons. The Morgan fingerprint density at radius 2 is 1.33 bits per heavy atom. The second kappa shape index (κ2) is 8.82. The Morgan fingerprint density at radius 3 is 1.33 bits per heavy atom. The number of rotatable bonds is 0. The largest absolute Gasteiger partial charge is 2.00 e. The standard InChI is InChI=1S/Co.FH.NO3/c;;2-1(3)4/h;1H;/q+2;;-1/p-1. The van der Waals surface area contributed by atoms with Crippen molar-refractivity contribution >= 4 is 0 Å². The van der Waals surface area contributed by atoms with Crippen LogP contribution in [-0.2, 0) is 16.8 Å². The first-order valence-electron chi connectivity index (χ1n) is 0.548. The molecule has 4 nitrogen and oxygen atoms in total. The molecule has 0 rings (SSSR count). The van der Waals surface area contributed by atoms with Crippen molar-refractivity contribution in [1.29, 1.82) is 0 Å². The van der Waals surface area contributed by atoms with Crippen LogP contribution in [0.1, 0.15) is 0 Å². The van der Waals surface area contributed by atoms with E-state index in [0.29, 0.717) is 0 Å². The van der Waals surface area contributed by atoms with Gasteiger partial charge in [0.25, 0.3) is 0 Å². The zero-order valence-corrected chi connectivity index (χ0v) is 3.42. The van der Waals surface area contributed by atoms with Gasteiger partial charge in [-0.05, 0) is 0 Å². The third-order valence-electron chi connectivity index (χ3n) is 0. The van der Waals surface area contributed by atoms with E-state index in [4.69, 9.17) is 15.3 Å². The van der Waals surface area contributed by atoms with Gasteiger partial charge >= 0.3 is 16.8 Å². The van der Waals surface area contributed by atoms with Crippen molar-refractivity contribution in [3.8, 4) is 0 Å². The predicted molar refractivity (Wildman–Crippen MR) is 10.4 cm³/mol. The maximum absolute atomic E-state index is 8.25. The molecule has 0 saturated heterocycles. The molecule has 0 aliphatic rings. The number of hydrogen-bond acceptors (Lipinski definition) is 3. The molecule has 0 bridgehead atoms. The number of hydrogen-bond donors (Lipinski definition) is 0. The Hall–Kier alpha value is -0.364. The Labute approximate surface area is 42.8 Å². The first-order chi connectivity index (χ1) is 1.73. The normalized spacial score (nSPS) is 4.00. The van der Waals surface area contributed by atoms with E-state index in [2.05, 4.69) is 0 Å². The van der Waals surface area contributed by atoms with Gasteiger partial charge in [0.15, 0.2) is 0 Å². The minimum atomic E-state index is -1.75. The minimum absolute atomic E-state index is 0. The van der Waals surface area contributed by atoms with Gasteiger partial charge < -0.3 is 20.0 Å². The molecule has 6 heavy (non-hydrogen) atoms. The molecule has 0 fully saturated rings. The zero-order valence-electron chi connectivity index (χ0n) is 2.38. The van der Waals surface area contributed by atoms with Gasteiger partial charge in [0.2, 0.25) is 0 Å². The van der Waals surface area contributed by atoms with E-state index in [1.54, 1.807) is 0 Å². The zero-order chi connectivity index (χ0) is 3.58. The molecule has 0 unspecified atom stereocenters. The quantitative estimate of drug-likeness (QED) is 0.262. The fourth-order valence-electron chi connectivity index (χ4n) is 0. The van der Waals surface area contributed by atoms with Crippen LogP contribution in [0, 0.1) is 15.3 Å². The van der Waals surface area contributed by atoms with Crippen molar-refractivity contribution in [1.82, 2.24) is 0 Å². The molecule has 0 spiro atoms. The summed E-state index contributed by atoms with van der Waals surface area (Å²) in [4.78, 5) is 8.25. The molecular formula is CoFNO3. The van der Waals surface area contributed by atoms with E-state index in [0.717, 1.165) is 0 Å². The van der Waals surface area contributed by atoms with Crippen molar-refractivity contribution < 1.29 is 26.6 Å². The molecule has 0 atom stereocenters. The van der Waals surface area contributed by atoms with Crippen molar-refractivity contribution in [2.45, 2.75) is 0 Å². The minimum Gasteiger partial charge on any atom is -1.00 e. The van der Waals surface area contributed by atoms with Crippen molar-refractivity contribution in [2.24, 2.45) is 0 Å². The van der Waals surface area contributed by atoms with E-state index in [9.17, 15) is 0 Å². The molecule has 0 aromatic carbocycles. The number of nitrogens with zero attached hydrogens (tertiary/aromatic N) is 1. The Kier molecular flexibility index (Phi) is 25.6. The first-order valence-corrected chi connectivity index (χ1v) is 0.548. The van der Waals surface area contributed by atoms with Gasteiger partial charge in [0, 0.05) is 0 Å². The van der Waals surface area contributed by atoms with Crippen molar-refractivity contribution in [3.05, 3.63) is 15.3 Å². The molecule has 0 aliphatic heterocycles. The van der Waals surface area contributed by atoms with E-state index in [1.807, 2.05) is 0 Å². The monoisotopic (exact) mass is 140 g/mol. The topological polar surface area (TPSA) is 66.2 Å². The fraction of sp³-hybridized carbons (Fsp3) is 0. The summed E-state index contributed by atoms with van der Waals surface area (Å²) >= 11 is 0. The van der Waals surface area contributed by atoms with E-state index in [-0.39, 0.29) is 21.5 Å². The summed E-state index contributed by atoms with van der Waals surface area (Å²) < 4.78 is 0. The van der Waals surface area contributed by atoms with Crippen LogP contribution in [0.3, 0.4) is 0 Å². The molecule has 0 amide bonds. The first kappa shape index (κ1) is 17.4. The van der Waals surface area contributed by atoms with Gasteiger partial charge in [0.1, 0.15) is 0 Å². The van der Waals surface area contributed by atoms with Crippen LogP contribution in [0.15, 0.2) is 0 Å². The van der Waals surface area contributed by atoms with Crippen LogP contribution in [0.5, 0.6) is 0 Å². The van der Waals surface area contributed by atoms with E-state index < -0.39 is 5.09 Å². The van der Waals surface area contributed by atoms with E-state index in [1.165, 1.54) is 0 Å². The van der Waals surface area contributed by atoms with Gasteiger partial charge in [-0.25, -0.2) is 0 Å². The van der Waals surface area contributed by atoms with Crippen LogP contribution in [0.2, 0.25) is 0 Å². The third kappa shape index (κ3) is 191. The molecule has 0 saturated carbocycles. The summed E-state index contributed by atoms with van der Waals surface area (Å²) in [5.41, 5.74) is 0. The van der Waals surface area contributed by atoms with Crippen molar-refractivity contribution in [2.75, 3.05) is 0 Å². The van der Waals surface area contributed by atoms with Crippen LogP contribution in [-0.4, -0.2) is 5.09 Å². The summed E-state index contributed by atoms with van der Waals surface area (Å²) in [5, 5.41) is 14.8. The fourth-order valence-corrected chi connectivity index (χ4v) is 0. The van der Waals surface area contributed by atoms with Gasteiger partial charge in [-0.2, -0.15) is 0 Å². The molecule has 6 heteroatoms. The SMILES string of the molecule is O=[N+]([O-])[O-].[Co+2].[F-]. The molecule has 39 valence electrons. The average Bonchev–Trinajstić information content (AvgIpc) is 0.811. The molecular weight excluding hydrogens is 140 g/mol. The van der Waals surface area contributed by atoms with Crippen LogP contribution in [0.25, 0.3) is 0 Å². The smallest absolute Gasteiger partial charge is 1.00 e. The second-order valence-electron chi connectivity index (χ2n) is 0.224. The molecule has 0 aromatic heterocycles. The Morgan fingerprint density at radius 1 is 1.33 bits per heavy atom. The van der Waals surface area contributed by atoms with Gasteiger partial charge in [-0.3, -0.25) is 0 Å². The summed E-state index contributed by atoms with van der Waals surface area (Å²) in [5.74, 6) is 0. The molecule has 0 N–H and O–H groups in total. The molecule has 0 aliphatic carbocycles. The predicted octanol–water partition coefficient (Wildman–Crippen LogP) is -3.24. The Balaban J connectivity index is -0.0000000450. The van der Waals surface area contributed by atoms with Crippen LogP contribution in [0.4, 0.5) is 0 Å². The molecule has 0 aromatic rings. The Bertz CT molecular complexity index is 33.8. The van der Waals surface area contributed by atoms with Crippen LogP contribution >= 0.6 is 0 Å². The van der Waals surface area contributed by atoms with Crippen molar-refractivity contribution in [3.63, 3.8) is 0 Å². The van der Waals surface area contributed by atoms with E-state index >= 15 is 0 Å². The summed E-state index contributed by atoms with van der Waals surface area (Å²) in [7, 11) is 0. The maximum Gasteiger partial charge on any atom is 2.00 e. The van der Waals surface area contributed by atoms with Crippen LogP contribution < -0.4 is 4.70 Å². The molecule has 0 heterocycles. The third-order valence-corrected chi connectivity index (χ3v) is 0. The number of halogens is 1. The average molecular weight is 140 g/mol. The summed E-state index contributed by atoms with van der Waals surface area (Å²) in [6.45, 7) is 0. The maximum atomic E-state index is 8.25.